The Balaban J connectivity index is 0.000000561. The third kappa shape index (κ3) is 2.81. The molecule has 1 amide bonds. The van der Waals surface area contributed by atoms with Crippen LogP contribution in [0.5, 0.6) is 0 Å². The van der Waals surface area contributed by atoms with Crippen molar-refractivity contribution in [3.05, 3.63) is 0 Å². The van der Waals surface area contributed by atoms with Crippen LogP contribution in [0.15, 0.2) is 0 Å². The van der Waals surface area contributed by atoms with Crippen molar-refractivity contribution in [2.24, 2.45) is 0 Å². The predicted octanol–water partition coefficient (Wildman–Crippen LogP) is 0.805. The van der Waals surface area contributed by atoms with Crippen LogP contribution >= 0.6 is 0 Å². The van der Waals surface area contributed by atoms with Crippen molar-refractivity contribution in [3.63, 3.8) is 0 Å². The van der Waals surface area contributed by atoms with E-state index in [-0.39, 0.29) is 5.91 Å². The summed E-state index contributed by atoms with van der Waals surface area (Å²) >= 11 is 0. The lowest BCUT2D eigenvalue weighted by molar-refractivity contribution is -0.135. The summed E-state index contributed by atoms with van der Waals surface area (Å²) in [5.41, 5.74) is 0. The van der Waals surface area contributed by atoms with Gasteiger partial charge in [-0.3, -0.25) is 9.69 Å². The summed E-state index contributed by atoms with van der Waals surface area (Å²) in [6.07, 6.45) is 0. The molecule has 1 aliphatic rings. The zero-order valence-corrected chi connectivity index (χ0v) is 8.79. The molecule has 0 spiro atoms. The average Bonchev–Trinajstić information content (AvgIpc) is 2.05. The van der Waals surface area contributed by atoms with Gasteiger partial charge in [0.15, 0.2) is 0 Å². The van der Waals surface area contributed by atoms with Crippen LogP contribution in [0.25, 0.3) is 0 Å². The van der Waals surface area contributed by atoms with Crippen molar-refractivity contribution in [1.29, 1.82) is 0 Å². The highest BCUT2D eigenvalue weighted by atomic mass is 16.2. The van der Waals surface area contributed by atoms with Gasteiger partial charge in [-0.05, 0) is 14.0 Å². The predicted molar refractivity (Wildman–Crippen MR) is 51.1 cm³/mol. The van der Waals surface area contributed by atoms with Crippen LogP contribution in [0.2, 0.25) is 0 Å². The number of rotatable bonds is 0. The van der Waals surface area contributed by atoms with E-state index in [2.05, 4.69) is 11.8 Å². The Morgan fingerprint density at radius 2 is 1.83 bits per heavy atom. The first-order valence-corrected chi connectivity index (χ1v) is 4.55. The van der Waals surface area contributed by atoms with Crippen LogP contribution in [-0.2, 0) is 4.79 Å². The van der Waals surface area contributed by atoms with Crippen molar-refractivity contribution in [1.82, 2.24) is 9.80 Å². The zero-order chi connectivity index (χ0) is 9.72. The summed E-state index contributed by atoms with van der Waals surface area (Å²) < 4.78 is 0. The van der Waals surface area contributed by atoms with Gasteiger partial charge in [0.1, 0.15) is 0 Å². The molecule has 3 nitrogen and oxygen atoms in total. The standard InChI is InChI=1S/C7H14N2O.C2H6/c1-6-4-9(3)7(10)5-8(6)2;1-2/h6H,4-5H2,1-3H3;1-2H3. The zero-order valence-electron chi connectivity index (χ0n) is 8.79. The first-order valence-electron chi connectivity index (χ1n) is 4.55. The first kappa shape index (κ1) is 11.4. The maximum absolute atomic E-state index is 11.0. The monoisotopic (exact) mass is 172 g/mol. The van der Waals surface area contributed by atoms with Crippen molar-refractivity contribution < 1.29 is 4.79 Å². The van der Waals surface area contributed by atoms with E-state index in [4.69, 9.17) is 0 Å². The second-order valence-corrected chi connectivity index (χ2v) is 3.04. The normalized spacial score (nSPS) is 24.9. The molecular formula is C9H20N2O. The molecule has 0 radical (unpaired) electrons. The van der Waals surface area contributed by atoms with Gasteiger partial charge in [-0.1, -0.05) is 13.8 Å². The van der Waals surface area contributed by atoms with Crippen LogP contribution in [0, 0.1) is 0 Å². The van der Waals surface area contributed by atoms with Gasteiger partial charge in [-0.15, -0.1) is 0 Å². The van der Waals surface area contributed by atoms with E-state index in [9.17, 15) is 4.79 Å². The van der Waals surface area contributed by atoms with E-state index in [1.807, 2.05) is 27.9 Å². The number of hydrogen-bond donors (Lipinski definition) is 0. The molecule has 0 aliphatic carbocycles. The molecule has 0 saturated carbocycles. The summed E-state index contributed by atoms with van der Waals surface area (Å²) in [6.45, 7) is 7.55. The van der Waals surface area contributed by atoms with E-state index >= 15 is 0 Å². The fraction of sp³-hybridized carbons (Fsp3) is 0.889. The largest absolute Gasteiger partial charge is 0.343 e. The Labute approximate surface area is 75.3 Å². The molecular weight excluding hydrogens is 152 g/mol. The molecule has 1 atom stereocenters. The summed E-state index contributed by atoms with van der Waals surface area (Å²) in [5, 5.41) is 0. The molecule has 1 aliphatic heterocycles. The third-order valence-electron chi connectivity index (χ3n) is 2.10. The Kier molecular flexibility index (Phi) is 4.90. The highest BCUT2D eigenvalue weighted by Gasteiger charge is 2.23. The van der Waals surface area contributed by atoms with E-state index in [0.29, 0.717) is 12.6 Å². The van der Waals surface area contributed by atoms with Crippen LogP contribution in [0.1, 0.15) is 20.8 Å². The molecule has 1 heterocycles. The Hall–Kier alpha value is -0.570. The summed E-state index contributed by atoms with van der Waals surface area (Å²) in [5.74, 6) is 0.223. The van der Waals surface area contributed by atoms with E-state index in [1.54, 1.807) is 4.90 Å². The van der Waals surface area contributed by atoms with Crippen LogP contribution in [0.4, 0.5) is 0 Å². The van der Waals surface area contributed by atoms with Gasteiger partial charge in [0.05, 0.1) is 6.54 Å². The van der Waals surface area contributed by atoms with Crippen molar-refractivity contribution in [2.75, 3.05) is 27.2 Å². The average molecular weight is 172 g/mol. The van der Waals surface area contributed by atoms with E-state index < -0.39 is 0 Å². The minimum atomic E-state index is 0.223. The highest BCUT2D eigenvalue weighted by molar-refractivity contribution is 5.78. The number of hydrogen-bond acceptors (Lipinski definition) is 2. The van der Waals surface area contributed by atoms with Gasteiger partial charge in [-0.25, -0.2) is 0 Å². The van der Waals surface area contributed by atoms with Gasteiger partial charge in [0.2, 0.25) is 5.91 Å². The number of nitrogens with zero attached hydrogens (tertiary/aromatic N) is 2. The first-order chi connectivity index (χ1) is 5.61. The summed E-state index contributed by atoms with van der Waals surface area (Å²) in [4.78, 5) is 14.9. The molecule has 1 unspecified atom stereocenters. The smallest absolute Gasteiger partial charge is 0.236 e. The second-order valence-electron chi connectivity index (χ2n) is 3.04. The minimum absolute atomic E-state index is 0.223. The third-order valence-corrected chi connectivity index (χ3v) is 2.10. The maximum atomic E-state index is 11.0. The SMILES string of the molecule is CC.CC1CN(C)C(=O)CN1C. The van der Waals surface area contributed by atoms with Crippen molar-refractivity contribution in [2.45, 2.75) is 26.8 Å². The molecule has 0 N–H and O–H groups in total. The lowest BCUT2D eigenvalue weighted by Gasteiger charge is -2.34. The van der Waals surface area contributed by atoms with Crippen molar-refractivity contribution in [3.8, 4) is 0 Å². The fourth-order valence-corrected chi connectivity index (χ4v) is 1.13. The van der Waals surface area contributed by atoms with E-state index in [1.165, 1.54) is 0 Å². The molecule has 1 fully saturated rings. The molecule has 3 heteroatoms. The molecule has 12 heavy (non-hydrogen) atoms. The molecule has 72 valence electrons. The van der Waals surface area contributed by atoms with Gasteiger partial charge < -0.3 is 4.90 Å². The number of amides is 1. The van der Waals surface area contributed by atoms with E-state index in [0.717, 1.165) is 6.54 Å². The molecule has 0 aromatic carbocycles. The number of carbonyl (C=O) groups is 1. The number of likely N-dealkylation sites (N-methyl/N-ethyl adjacent to an activating group) is 2. The molecule has 1 rings (SSSR count). The number of piperazine rings is 1. The molecule has 0 aromatic heterocycles. The van der Waals surface area contributed by atoms with Gasteiger partial charge in [0.25, 0.3) is 0 Å². The molecule has 0 bridgehead atoms. The number of carbonyl (C=O) groups excluding carboxylic acids is 1. The van der Waals surface area contributed by atoms with Gasteiger partial charge in [0, 0.05) is 19.6 Å². The van der Waals surface area contributed by atoms with Crippen molar-refractivity contribution >= 4 is 5.91 Å². The van der Waals surface area contributed by atoms with Crippen LogP contribution < -0.4 is 0 Å². The Bertz CT molecular complexity index is 147. The fourth-order valence-electron chi connectivity index (χ4n) is 1.13. The molecule has 1 saturated heterocycles. The molecule has 0 aromatic rings. The minimum Gasteiger partial charge on any atom is -0.343 e. The topological polar surface area (TPSA) is 23.6 Å². The van der Waals surface area contributed by atoms with Crippen LogP contribution in [-0.4, -0.2) is 48.9 Å². The Morgan fingerprint density at radius 1 is 1.33 bits per heavy atom. The Morgan fingerprint density at radius 3 is 2.25 bits per heavy atom. The maximum Gasteiger partial charge on any atom is 0.236 e. The van der Waals surface area contributed by atoms with Crippen LogP contribution in [0.3, 0.4) is 0 Å². The van der Waals surface area contributed by atoms with Gasteiger partial charge >= 0.3 is 0 Å². The lowest BCUT2D eigenvalue weighted by Crippen LogP contribution is -2.51. The lowest BCUT2D eigenvalue weighted by atomic mass is 10.2. The summed E-state index contributed by atoms with van der Waals surface area (Å²) in [7, 11) is 3.83. The highest BCUT2D eigenvalue weighted by Crippen LogP contribution is 2.04. The quantitative estimate of drug-likeness (QED) is 0.540. The summed E-state index contributed by atoms with van der Waals surface area (Å²) in [6, 6.07) is 0.502. The van der Waals surface area contributed by atoms with Gasteiger partial charge in [-0.2, -0.15) is 0 Å². The second kappa shape index (κ2) is 5.14.